The number of aliphatic hydroxyl groups is 1. The summed E-state index contributed by atoms with van der Waals surface area (Å²) in [6.07, 6.45) is 0. The molecule has 136 valence electrons. The Labute approximate surface area is 163 Å². The average molecular weight is 379 g/mol. The highest BCUT2D eigenvalue weighted by molar-refractivity contribution is 6.34. The van der Waals surface area contributed by atoms with Crippen LogP contribution in [0.25, 0.3) is 0 Å². The molecule has 2 N–H and O–H groups in total. The van der Waals surface area contributed by atoms with Gasteiger partial charge in [-0.1, -0.05) is 90.5 Å². The van der Waals surface area contributed by atoms with Gasteiger partial charge in [-0.2, -0.15) is 5.10 Å². The monoisotopic (exact) mass is 378 g/mol. The number of hydrogen-bond donors (Lipinski definition) is 2. The van der Waals surface area contributed by atoms with Crippen molar-refractivity contribution in [3.05, 3.63) is 107 Å². The normalized spacial score (nSPS) is 11.9. The number of rotatable bonds is 5. The van der Waals surface area contributed by atoms with Crippen molar-refractivity contribution >= 4 is 23.2 Å². The zero-order valence-electron chi connectivity index (χ0n) is 14.8. The van der Waals surface area contributed by atoms with Crippen molar-refractivity contribution in [1.82, 2.24) is 5.43 Å². The lowest BCUT2D eigenvalue weighted by Crippen LogP contribution is -2.43. The summed E-state index contributed by atoms with van der Waals surface area (Å²) >= 11 is 6.17. The lowest BCUT2D eigenvalue weighted by Gasteiger charge is -2.27. The zero-order valence-corrected chi connectivity index (χ0v) is 15.5. The van der Waals surface area contributed by atoms with Gasteiger partial charge in [-0.25, -0.2) is 5.43 Å². The molecule has 0 heterocycles. The first-order valence-electron chi connectivity index (χ1n) is 8.46. The maximum absolute atomic E-state index is 13.0. The van der Waals surface area contributed by atoms with E-state index in [-0.39, 0.29) is 0 Å². The third-order valence-electron chi connectivity index (χ3n) is 4.30. The van der Waals surface area contributed by atoms with Gasteiger partial charge >= 0.3 is 0 Å². The molecule has 0 aliphatic rings. The molecule has 4 nitrogen and oxygen atoms in total. The first kappa shape index (κ1) is 18.8. The van der Waals surface area contributed by atoms with E-state index >= 15 is 0 Å². The molecule has 0 aliphatic heterocycles. The number of carbonyl (C=O) groups is 1. The lowest BCUT2D eigenvalue weighted by atomic mass is 9.85. The fraction of sp³-hybridized carbons (Fsp3) is 0.0909. The van der Waals surface area contributed by atoms with E-state index in [0.29, 0.717) is 27.4 Å². The Morgan fingerprint density at radius 3 is 1.89 bits per heavy atom. The van der Waals surface area contributed by atoms with Crippen LogP contribution in [0, 0.1) is 0 Å². The van der Waals surface area contributed by atoms with E-state index < -0.39 is 11.5 Å². The molecule has 3 aromatic carbocycles. The Morgan fingerprint density at radius 1 is 0.889 bits per heavy atom. The molecule has 27 heavy (non-hydrogen) atoms. The van der Waals surface area contributed by atoms with Gasteiger partial charge in [0, 0.05) is 10.6 Å². The number of benzene rings is 3. The van der Waals surface area contributed by atoms with Crippen LogP contribution in [0.5, 0.6) is 0 Å². The molecule has 3 rings (SSSR count). The van der Waals surface area contributed by atoms with Gasteiger partial charge in [0.15, 0.2) is 5.60 Å². The molecule has 1 amide bonds. The predicted octanol–water partition coefficient (Wildman–Crippen LogP) is 4.12. The molecular weight excluding hydrogens is 360 g/mol. The minimum atomic E-state index is -1.87. The summed E-state index contributed by atoms with van der Waals surface area (Å²) in [7, 11) is 0. The van der Waals surface area contributed by atoms with Crippen molar-refractivity contribution in [2.45, 2.75) is 12.5 Å². The molecule has 0 bridgehead atoms. The van der Waals surface area contributed by atoms with Crippen LogP contribution < -0.4 is 5.43 Å². The largest absolute Gasteiger partial charge is 0.372 e. The summed E-state index contributed by atoms with van der Waals surface area (Å²) in [6, 6.07) is 24.8. The number of halogens is 1. The highest BCUT2D eigenvalue weighted by atomic mass is 35.5. The van der Waals surface area contributed by atoms with Crippen molar-refractivity contribution in [3.8, 4) is 0 Å². The number of nitrogens with zero attached hydrogens (tertiary/aromatic N) is 1. The summed E-state index contributed by atoms with van der Waals surface area (Å²) in [5.74, 6) is -0.647. The number of hydrogen-bond acceptors (Lipinski definition) is 3. The van der Waals surface area contributed by atoms with Crippen molar-refractivity contribution in [3.63, 3.8) is 0 Å². The number of amides is 1. The third-order valence-corrected chi connectivity index (χ3v) is 4.63. The van der Waals surface area contributed by atoms with Crippen LogP contribution in [0.3, 0.4) is 0 Å². The number of nitrogens with one attached hydrogen (secondary N) is 1. The topological polar surface area (TPSA) is 61.7 Å². The van der Waals surface area contributed by atoms with E-state index in [9.17, 15) is 9.90 Å². The van der Waals surface area contributed by atoms with E-state index in [1.807, 2.05) is 30.3 Å². The molecule has 3 aromatic rings. The molecule has 0 aromatic heterocycles. The molecule has 0 saturated heterocycles. The first-order valence-corrected chi connectivity index (χ1v) is 8.84. The number of carbonyl (C=O) groups excluding carboxylic acids is 1. The second-order valence-corrected chi connectivity index (χ2v) is 6.47. The molecule has 0 atom stereocenters. The summed E-state index contributed by atoms with van der Waals surface area (Å²) < 4.78 is 0. The average Bonchev–Trinajstić information content (AvgIpc) is 2.72. The van der Waals surface area contributed by atoms with E-state index in [1.54, 1.807) is 61.5 Å². The molecular formula is C22H19ClN2O2. The molecule has 0 fully saturated rings. The van der Waals surface area contributed by atoms with Crippen LogP contribution in [-0.2, 0) is 10.4 Å². The number of hydrazone groups is 1. The lowest BCUT2D eigenvalue weighted by molar-refractivity contribution is -0.136. The standard InChI is InChI=1S/C22H19ClN2O2/c1-16(19-14-8-9-15-20(19)23)24-25-21(26)22(27,17-10-4-2-5-11-17)18-12-6-3-7-13-18/h2-15,27H,1H3,(H,25,26). The molecule has 0 radical (unpaired) electrons. The maximum atomic E-state index is 13.0. The second-order valence-electron chi connectivity index (χ2n) is 6.06. The van der Waals surface area contributed by atoms with Gasteiger partial charge in [0.25, 0.3) is 5.91 Å². The minimum absolute atomic E-state index is 0.458. The highest BCUT2D eigenvalue weighted by Crippen LogP contribution is 2.30. The molecule has 0 aliphatic carbocycles. The van der Waals surface area contributed by atoms with Crippen molar-refractivity contribution in [1.29, 1.82) is 0 Å². The van der Waals surface area contributed by atoms with Crippen molar-refractivity contribution < 1.29 is 9.90 Å². The van der Waals surface area contributed by atoms with Gasteiger partial charge in [-0.3, -0.25) is 4.79 Å². The Balaban J connectivity index is 1.95. The second kappa shape index (κ2) is 8.16. The van der Waals surface area contributed by atoms with Gasteiger partial charge in [-0.15, -0.1) is 0 Å². The van der Waals surface area contributed by atoms with Gasteiger partial charge < -0.3 is 5.11 Å². The van der Waals surface area contributed by atoms with Crippen LogP contribution >= 0.6 is 11.6 Å². The van der Waals surface area contributed by atoms with Crippen LogP contribution in [-0.4, -0.2) is 16.7 Å². The quantitative estimate of drug-likeness (QED) is 0.518. The SMILES string of the molecule is CC(=NNC(=O)C(O)(c1ccccc1)c1ccccc1)c1ccccc1Cl. The third kappa shape index (κ3) is 3.92. The van der Waals surface area contributed by atoms with E-state index in [2.05, 4.69) is 10.5 Å². The van der Waals surface area contributed by atoms with Crippen molar-refractivity contribution in [2.24, 2.45) is 5.10 Å². The summed E-state index contributed by atoms with van der Waals surface area (Å²) in [5, 5.41) is 16.0. The summed E-state index contributed by atoms with van der Waals surface area (Å²) in [5.41, 5.74) is 2.78. The van der Waals surface area contributed by atoms with E-state index in [0.717, 1.165) is 0 Å². The van der Waals surface area contributed by atoms with Gasteiger partial charge in [-0.05, 0) is 24.1 Å². The summed E-state index contributed by atoms with van der Waals surface area (Å²) in [4.78, 5) is 13.0. The maximum Gasteiger partial charge on any atom is 0.281 e. The Hall–Kier alpha value is -2.95. The van der Waals surface area contributed by atoms with Crippen molar-refractivity contribution in [2.75, 3.05) is 0 Å². The molecule has 0 unspecified atom stereocenters. The fourth-order valence-electron chi connectivity index (χ4n) is 2.82. The van der Waals surface area contributed by atoms with Gasteiger partial charge in [0.05, 0.1) is 5.71 Å². The molecule has 0 saturated carbocycles. The minimum Gasteiger partial charge on any atom is -0.372 e. The first-order chi connectivity index (χ1) is 13.0. The fourth-order valence-corrected chi connectivity index (χ4v) is 3.09. The molecule has 5 heteroatoms. The Kier molecular flexibility index (Phi) is 5.69. The van der Waals surface area contributed by atoms with E-state index in [4.69, 9.17) is 11.6 Å². The van der Waals surface area contributed by atoms with Crippen LogP contribution in [0.15, 0.2) is 90.0 Å². The summed E-state index contributed by atoms with van der Waals surface area (Å²) in [6.45, 7) is 1.74. The Bertz CT molecular complexity index is 917. The zero-order chi connectivity index (χ0) is 19.3. The van der Waals surface area contributed by atoms with Gasteiger partial charge in [0.2, 0.25) is 0 Å². The predicted molar refractivity (Wildman–Crippen MR) is 108 cm³/mol. The van der Waals surface area contributed by atoms with Crippen LogP contribution in [0.2, 0.25) is 5.02 Å². The van der Waals surface area contributed by atoms with Gasteiger partial charge in [0.1, 0.15) is 0 Å². The van der Waals surface area contributed by atoms with Crippen LogP contribution in [0.1, 0.15) is 23.6 Å². The Morgan fingerprint density at radius 2 is 1.37 bits per heavy atom. The van der Waals surface area contributed by atoms with E-state index in [1.165, 1.54) is 0 Å². The smallest absolute Gasteiger partial charge is 0.281 e. The highest BCUT2D eigenvalue weighted by Gasteiger charge is 2.39. The molecule has 0 spiro atoms. The van der Waals surface area contributed by atoms with Crippen LogP contribution in [0.4, 0.5) is 0 Å².